The van der Waals surface area contributed by atoms with E-state index >= 15 is 0 Å². The molecule has 1 aliphatic carbocycles. The summed E-state index contributed by atoms with van der Waals surface area (Å²) < 4.78 is 5.80. The zero-order valence-electron chi connectivity index (χ0n) is 11.8. The fourth-order valence-electron chi connectivity index (χ4n) is 2.37. The molecule has 0 radical (unpaired) electrons. The van der Waals surface area contributed by atoms with Gasteiger partial charge >= 0.3 is 0 Å². The van der Waals surface area contributed by atoms with Gasteiger partial charge in [-0.2, -0.15) is 0 Å². The van der Waals surface area contributed by atoms with Gasteiger partial charge in [0.2, 0.25) is 0 Å². The molecule has 0 fully saturated rings. The van der Waals surface area contributed by atoms with E-state index in [1.807, 2.05) is 11.3 Å². The van der Waals surface area contributed by atoms with Crippen molar-refractivity contribution in [1.82, 2.24) is 5.32 Å². The molecule has 1 heterocycles. The van der Waals surface area contributed by atoms with E-state index < -0.39 is 0 Å². The second-order valence-electron chi connectivity index (χ2n) is 5.34. The van der Waals surface area contributed by atoms with E-state index in [4.69, 9.17) is 4.74 Å². The van der Waals surface area contributed by atoms with Crippen molar-refractivity contribution in [3.63, 3.8) is 0 Å². The number of thiophene rings is 1. The molecular weight excluding hydrogens is 242 g/mol. The van der Waals surface area contributed by atoms with Gasteiger partial charge in [-0.15, -0.1) is 11.3 Å². The predicted octanol–water partition coefficient (Wildman–Crippen LogP) is 3.70. The number of hydrogen-bond donors (Lipinski definition) is 1. The Labute approximate surface area is 115 Å². The van der Waals surface area contributed by atoms with Crippen molar-refractivity contribution in [2.45, 2.75) is 58.6 Å². The molecule has 0 aliphatic heterocycles. The van der Waals surface area contributed by atoms with Crippen molar-refractivity contribution in [3.05, 3.63) is 21.4 Å². The van der Waals surface area contributed by atoms with Gasteiger partial charge in [0.05, 0.1) is 18.8 Å². The molecule has 0 amide bonds. The Kier molecular flexibility index (Phi) is 5.22. The van der Waals surface area contributed by atoms with Crippen LogP contribution >= 0.6 is 11.3 Å². The third-order valence-electron chi connectivity index (χ3n) is 3.35. The Bertz CT molecular complexity index is 351. The van der Waals surface area contributed by atoms with Gasteiger partial charge in [0.25, 0.3) is 0 Å². The van der Waals surface area contributed by atoms with Crippen molar-refractivity contribution >= 4 is 11.3 Å². The Morgan fingerprint density at radius 2 is 2.22 bits per heavy atom. The summed E-state index contributed by atoms with van der Waals surface area (Å²) in [7, 11) is 0. The molecule has 1 atom stereocenters. The molecule has 0 aromatic carbocycles. The summed E-state index contributed by atoms with van der Waals surface area (Å²) in [6.07, 6.45) is 5.38. The SMILES string of the molecule is CCCNC(COC(C)C)c1cc2c(s1)CCC2. The van der Waals surface area contributed by atoms with E-state index in [9.17, 15) is 0 Å². The minimum absolute atomic E-state index is 0.308. The topological polar surface area (TPSA) is 21.3 Å². The maximum Gasteiger partial charge on any atom is 0.0672 e. The van der Waals surface area contributed by atoms with Crippen LogP contribution < -0.4 is 5.32 Å². The molecule has 2 rings (SSSR count). The van der Waals surface area contributed by atoms with Crippen molar-refractivity contribution in [2.75, 3.05) is 13.2 Å². The number of hydrogen-bond acceptors (Lipinski definition) is 3. The molecule has 1 aromatic heterocycles. The molecule has 1 unspecified atom stereocenters. The number of fused-ring (bicyclic) bond motifs is 1. The molecule has 0 saturated carbocycles. The third kappa shape index (κ3) is 3.56. The van der Waals surface area contributed by atoms with Gasteiger partial charge in [-0.1, -0.05) is 6.92 Å². The highest BCUT2D eigenvalue weighted by Crippen LogP contribution is 2.34. The van der Waals surface area contributed by atoms with Crippen molar-refractivity contribution in [2.24, 2.45) is 0 Å². The summed E-state index contributed by atoms with van der Waals surface area (Å²) in [5.41, 5.74) is 1.59. The molecule has 3 heteroatoms. The lowest BCUT2D eigenvalue weighted by molar-refractivity contribution is 0.0618. The normalized spacial score (nSPS) is 16.2. The summed E-state index contributed by atoms with van der Waals surface area (Å²) in [5.74, 6) is 0. The average molecular weight is 267 g/mol. The Morgan fingerprint density at radius 3 is 2.89 bits per heavy atom. The number of aryl methyl sites for hydroxylation is 2. The van der Waals surface area contributed by atoms with Gasteiger partial charge in [-0.05, 0) is 57.7 Å². The summed E-state index contributed by atoms with van der Waals surface area (Å²) in [6, 6.07) is 2.78. The lowest BCUT2D eigenvalue weighted by atomic mass is 10.2. The summed E-state index contributed by atoms with van der Waals surface area (Å²) >= 11 is 1.99. The minimum atomic E-state index is 0.308. The smallest absolute Gasteiger partial charge is 0.0672 e. The highest BCUT2D eigenvalue weighted by atomic mass is 32.1. The van der Waals surface area contributed by atoms with Crippen LogP contribution in [-0.2, 0) is 17.6 Å². The van der Waals surface area contributed by atoms with Gasteiger partial charge < -0.3 is 10.1 Å². The Morgan fingerprint density at radius 1 is 1.39 bits per heavy atom. The van der Waals surface area contributed by atoms with Gasteiger partial charge in [-0.25, -0.2) is 0 Å². The Hall–Kier alpha value is -0.380. The van der Waals surface area contributed by atoms with Crippen LogP contribution in [0.2, 0.25) is 0 Å². The number of ether oxygens (including phenoxy) is 1. The summed E-state index contributed by atoms with van der Waals surface area (Å²) in [6.45, 7) is 8.27. The number of nitrogens with one attached hydrogen (secondary N) is 1. The first-order valence-corrected chi connectivity index (χ1v) is 7.98. The first-order valence-electron chi connectivity index (χ1n) is 7.17. The highest BCUT2D eigenvalue weighted by Gasteiger charge is 2.20. The molecule has 1 aliphatic rings. The first kappa shape index (κ1) is 14.0. The average Bonchev–Trinajstić information content (AvgIpc) is 2.89. The molecule has 2 nitrogen and oxygen atoms in total. The molecule has 0 bridgehead atoms. The van der Waals surface area contributed by atoms with Crippen LogP contribution in [0.5, 0.6) is 0 Å². The Balaban J connectivity index is 2.01. The highest BCUT2D eigenvalue weighted by molar-refractivity contribution is 7.12. The molecular formula is C15H25NOS. The first-order chi connectivity index (χ1) is 8.70. The van der Waals surface area contributed by atoms with Crippen LogP contribution in [0.15, 0.2) is 6.07 Å². The fraction of sp³-hybridized carbons (Fsp3) is 0.733. The maximum absolute atomic E-state index is 5.80. The maximum atomic E-state index is 5.80. The quantitative estimate of drug-likeness (QED) is 0.813. The number of rotatable bonds is 7. The van der Waals surface area contributed by atoms with Gasteiger partial charge in [0.1, 0.15) is 0 Å². The summed E-state index contributed by atoms with van der Waals surface area (Å²) in [5, 5.41) is 3.62. The second-order valence-corrected chi connectivity index (χ2v) is 6.51. The second kappa shape index (κ2) is 6.69. The van der Waals surface area contributed by atoms with E-state index in [-0.39, 0.29) is 0 Å². The lowest BCUT2D eigenvalue weighted by Crippen LogP contribution is -2.26. The van der Waals surface area contributed by atoms with E-state index in [1.54, 1.807) is 10.4 Å². The monoisotopic (exact) mass is 267 g/mol. The fourth-order valence-corrected chi connectivity index (χ4v) is 3.69. The van der Waals surface area contributed by atoms with Gasteiger partial charge in [0.15, 0.2) is 0 Å². The van der Waals surface area contributed by atoms with Gasteiger partial charge in [-0.3, -0.25) is 0 Å². The van der Waals surface area contributed by atoms with Crippen LogP contribution in [0.25, 0.3) is 0 Å². The third-order valence-corrected chi connectivity index (χ3v) is 4.70. The van der Waals surface area contributed by atoms with E-state index in [0.29, 0.717) is 12.1 Å². The van der Waals surface area contributed by atoms with Crippen molar-refractivity contribution in [1.29, 1.82) is 0 Å². The molecule has 1 N–H and O–H groups in total. The van der Waals surface area contributed by atoms with E-state index in [0.717, 1.165) is 13.2 Å². The van der Waals surface area contributed by atoms with E-state index in [1.165, 1.54) is 30.6 Å². The van der Waals surface area contributed by atoms with E-state index in [2.05, 4.69) is 32.2 Å². The predicted molar refractivity (Wildman–Crippen MR) is 78.5 cm³/mol. The van der Waals surface area contributed by atoms with Crippen molar-refractivity contribution < 1.29 is 4.74 Å². The minimum Gasteiger partial charge on any atom is -0.377 e. The van der Waals surface area contributed by atoms with Crippen LogP contribution in [-0.4, -0.2) is 19.3 Å². The van der Waals surface area contributed by atoms with Crippen LogP contribution in [0, 0.1) is 0 Å². The van der Waals surface area contributed by atoms with Crippen LogP contribution in [0.1, 0.15) is 55.0 Å². The molecule has 102 valence electrons. The standard InChI is InChI=1S/C15H25NOS/c1-4-8-16-13(10-17-11(2)3)15-9-12-6-5-7-14(12)18-15/h9,11,13,16H,4-8,10H2,1-3H3. The molecule has 0 spiro atoms. The van der Waals surface area contributed by atoms with Crippen LogP contribution in [0.3, 0.4) is 0 Å². The van der Waals surface area contributed by atoms with Gasteiger partial charge in [0, 0.05) is 9.75 Å². The molecule has 0 saturated heterocycles. The largest absolute Gasteiger partial charge is 0.377 e. The van der Waals surface area contributed by atoms with Crippen LogP contribution in [0.4, 0.5) is 0 Å². The lowest BCUT2D eigenvalue weighted by Gasteiger charge is -2.19. The molecule has 18 heavy (non-hydrogen) atoms. The zero-order valence-corrected chi connectivity index (χ0v) is 12.6. The zero-order chi connectivity index (χ0) is 13.0. The molecule has 1 aromatic rings. The van der Waals surface area contributed by atoms with Crippen molar-refractivity contribution in [3.8, 4) is 0 Å². The summed E-state index contributed by atoms with van der Waals surface area (Å²) in [4.78, 5) is 3.08.